The number of carbonyl (C=O) groups excluding carboxylic acids is 6. The number of benzene rings is 2. The zero-order valence-electron chi connectivity index (χ0n) is 29.9. The Hall–Kier alpha value is -5.19. The minimum atomic E-state index is -2.85. The highest BCUT2D eigenvalue weighted by Crippen LogP contribution is 2.66. The Morgan fingerprint density at radius 3 is 2.13 bits per heavy atom. The van der Waals surface area contributed by atoms with Crippen LogP contribution in [0.5, 0.6) is 17.2 Å². The van der Waals surface area contributed by atoms with Gasteiger partial charge in [-0.25, -0.2) is 0 Å². The van der Waals surface area contributed by atoms with Gasteiger partial charge in [0.25, 0.3) is 0 Å². The van der Waals surface area contributed by atoms with Crippen LogP contribution in [0.25, 0.3) is 0 Å². The normalized spacial score (nSPS) is 31.7. The average Bonchev–Trinajstić information content (AvgIpc) is 3.37. The number of carboxylic acids is 1. The van der Waals surface area contributed by atoms with Crippen LogP contribution in [0.3, 0.4) is 0 Å². The number of rotatable bonds is 7. The van der Waals surface area contributed by atoms with Crippen LogP contribution in [0, 0.1) is 5.41 Å². The second kappa shape index (κ2) is 12.2. The van der Waals surface area contributed by atoms with Crippen molar-refractivity contribution < 1.29 is 78.0 Å². The van der Waals surface area contributed by atoms with E-state index >= 15 is 0 Å². The number of methoxy groups -OCH3 is 1. The molecule has 5 aliphatic rings. The third-order valence-corrected chi connectivity index (χ3v) is 11.8. The maximum absolute atomic E-state index is 15.0. The van der Waals surface area contributed by atoms with E-state index in [4.69, 9.17) is 18.9 Å². The number of hydrogen-bond donors (Lipinski definition) is 5. The molecule has 1 saturated heterocycles. The van der Waals surface area contributed by atoms with Gasteiger partial charge in [-0.2, -0.15) is 0 Å². The standard InChI is InChI=1S/C38H38O16/c1-13(39)10-36-11-19(8-22(41)42)53-15(3)38(36,50)35(49)27-28(34(36)48)33(47)29-25(32(27)46)20-12-37(29,54-16(4)40)21-7-17-6-18(9-23(43)51-5)52-14(2)24(17)31(45)26(21)30(20)44/h7,14-15,18-20,45-47,50H,6,8-12H2,1-5H3,(H,41,42). The van der Waals surface area contributed by atoms with Gasteiger partial charge in [0.1, 0.15) is 23.0 Å². The number of hydrogen-bond acceptors (Lipinski definition) is 15. The van der Waals surface area contributed by atoms with Crippen LogP contribution in [-0.4, -0.2) is 97.6 Å². The topological polar surface area (TPSA) is 258 Å². The fourth-order valence-electron chi connectivity index (χ4n) is 9.92. The SMILES string of the molecule is COC(=O)CC1Cc2cc3c(c(O)c2C(C)O1)C(=O)C1CC3(OC(C)=O)c2c(O)c3c(c(O)c21)C(=O)C1(O)C(C)OC(CC(=O)O)CC1(CC(C)=O)C3=O. The number of aromatic hydroxyl groups is 3. The number of ether oxygens (including phenoxy) is 4. The molecule has 0 amide bonds. The minimum Gasteiger partial charge on any atom is -0.507 e. The van der Waals surface area contributed by atoms with Crippen LogP contribution >= 0.6 is 0 Å². The molecule has 2 aliphatic heterocycles. The van der Waals surface area contributed by atoms with Crippen LogP contribution in [0.15, 0.2) is 6.07 Å². The number of aliphatic hydroxyl groups is 1. The van der Waals surface area contributed by atoms with Gasteiger partial charge >= 0.3 is 17.9 Å². The van der Waals surface area contributed by atoms with Crippen molar-refractivity contribution in [2.24, 2.45) is 5.41 Å². The van der Waals surface area contributed by atoms with E-state index in [1.807, 2.05) is 0 Å². The van der Waals surface area contributed by atoms with Gasteiger partial charge in [-0.3, -0.25) is 33.6 Å². The van der Waals surface area contributed by atoms with Crippen molar-refractivity contribution >= 4 is 41.0 Å². The first-order valence-corrected chi connectivity index (χ1v) is 17.4. The van der Waals surface area contributed by atoms with Gasteiger partial charge in [0, 0.05) is 36.5 Å². The maximum atomic E-state index is 15.0. The highest BCUT2D eigenvalue weighted by atomic mass is 16.6. The fraction of sp³-hybridized carbons (Fsp3) is 0.500. The van der Waals surface area contributed by atoms with Gasteiger partial charge in [0.2, 0.25) is 5.78 Å². The molecule has 7 rings (SSSR count). The van der Waals surface area contributed by atoms with Crippen molar-refractivity contribution in [2.45, 2.75) is 108 Å². The lowest BCUT2D eigenvalue weighted by Gasteiger charge is -2.55. The molecular formula is C38H38O16. The minimum absolute atomic E-state index is 0.0363. The summed E-state index contributed by atoms with van der Waals surface area (Å²) in [6, 6.07) is 1.48. The number of carboxylic acid groups (broad SMARTS) is 1. The lowest BCUT2D eigenvalue weighted by molar-refractivity contribution is -0.204. The van der Waals surface area contributed by atoms with Crippen molar-refractivity contribution in [3.63, 3.8) is 0 Å². The Kier molecular flexibility index (Phi) is 8.36. The number of phenolic OH excluding ortho intramolecular Hbond substituents is 3. The van der Waals surface area contributed by atoms with Crippen molar-refractivity contribution in [3.05, 3.63) is 50.6 Å². The summed E-state index contributed by atoms with van der Waals surface area (Å²) in [6.07, 6.45) is -7.04. The highest BCUT2D eigenvalue weighted by Gasteiger charge is 2.72. The molecule has 0 radical (unpaired) electrons. The third kappa shape index (κ3) is 4.75. The van der Waals surface area contributed by atoms with Gasteiger partial charge in [-0.1, -0.05) is 0 Å². The lowest BCUT2D eigenvalue weighted by atomic mass is 9.52. The smallest absolute Gasteiger partial charge is 0.308 e. The molecule has 286 valence electrons. The number of ketones is 4. The maximum Gasteiger partial charge on any atom is 0.308 e. The van der Waals surface area contributed by atoms with Gasteiger partial charge < -0.3 is 44.5 Å². The summed E-state index contributed by atoms with van der Waals surface area (Å²) in [5.41, 5.74) is -9.63. The van der Waals surface area contributed by atoms with Crippen LogP contribution in [0.1, 0.15) is 131 Å². The summed E-state index contributed by atoms with van der Waals surface area (Å²) < 4.78 is 22.5. The van der Waals surface area contributed by atoms with E-state index in [2.05, 4.69) is 0 Å². The number of phenols is 3. The molecule has 2 bridgehead atoms. The molecule has 8 atom stereocenters. The molecule has 8 unspecified atom stereocenters. The predicted molar refractivity (Wildman–Crippen MR) is 178 cm³/mol. The van der Waals surface area contributed by atoms with E-state index in [0.717, 1.165) is 13.8 Å². The number of Topliss-reactive ketones (excluding diaryl/α,β-unsaturated/α-hetero) is 4. The van der Waals surface area contributed by atoms with Gasteiger partial charge in [-0.15, -0.1) is 0 Å². The van der Waals surface area contributed by atoms with E-state index in [9.17, 15) is 59.1 Å². The van der Waals surface area contributed by atoms with Gasteiger partial charge in [0.15, 0.2) is 22.8 Å². The van der Waals surface area contributed by atoms with Crippen LogP contribution < -0.4 is 0 Å². The number of fused-ring (bicyclic) bond motifs is 10. The highest BCUT2D eigenvalue weighted by molar-refractivity contribution is 6.25. The molecule has 0 aromatic heterocycles. The summed E-state index contributed by atoms with van der Waals surface area (Å²) >= 11 is 0. The molecule has 5 N–H and O–H groups in total. The van der Waals surface area contributed by atoms with Gasteiger partial charge in [-0.05, 0) is 45.2 Å². The molecule has 16 heteroatoms. The average molecular weight is 751 g/mol. The fourth-order valence-corrected chi connectivity index (χ4v) is 9.92. The first-order chi connectivity index (χ1) is 25.2. The Labute approximate surface area is 307 Å². The molecule has 2 heterocycles. The third-order valence-electron chi connectivity index (χ3n) is 11.8. The summed E-state index contributed by atoms with van der Waals surface area (Å²) in [5.74, 6) is -10.7. The monoisotopic (exact) mass is 750 g/mol. The van der Waals surface area contributed by atoms with E-state index in [1.165, 1.54) is 20.1 Å². The lowest BCUT2D eigenvalue weighted by Crippen LogP contribution is -2.71. The number of esters is 2. The molecule has 3 aliphatic carbocycles. The Balaban J connectivity index is 1.51. The Morgan fingerprint density at radius 1 is 0.870 bits per heavy atom. The first kappa shape index (κ1) is 37.1. The largest absolute Gasteiger partial charge is 0.507 e. The number of carbonyl (C=O) groups is 7. The van der Waals surface area contributed by atoms with Crippen LogP contribution in [-0.2, 0) is 50.1 Å². The molecule has 0 spiro atoms. The molecule has 54 heavy (non-hydrogen) atoms. The Bertz CT molecular complexity index is 2130. The molecule has 2 aromatic carbocycles. The van der Waals surface area contributed by atoms with Crippen molar-refractivity contribution in [3.8, 4) is 17.2 Å². The number of aliphatic carboxylic acids is 1. The summed E-state index contributed by atoms with van der Waals surface area (Å²) in [4.78, 5) is 93.7. The molecule has 1 fully saturated rings. The van der Waals surface area contributed by atoms with Crippen molar-refractivity contribution in [1.29, 1.82) is 0 Å². The second-order valence-electron chi connectivity index (χ2n) is 15.0. The molecule has 16 nitrogen and oxygen atoms in total. The van der Waals surface area contributed by atoms with E-state index < -0.39 is 148 Å². The molecular weight excluding hydrogens is 712 g/mol. The first-order valence-electron chi connectivity index (χ1n) is 17.4. The molecule has 2 aromatic rings. The second-order valence-corrected chi connectivity index (χ2v) is 15.0. The van der Waals surface area contributed by atoms with E-state index in [0.29, 0.717) is 5.56 Å². The van der Waals surface area contributed by atoms with Gasteiger partial charge in [0.05, 0.1) is 78.0 Å². The van der Waals surface area contributed by atoms with E-state index in [-0.39, 0.29) is 35.1 Å². The summed E-state index contributed by atoms with van der Waals surface area (Å²) in [7, 11) is 1.21. The predicted octanol–water partition coefficient (Wildman–Crippen LogP) is 2.59. The van der Waals surface area contributed by atoms with Crippen LogP contribution in [0.4, 0.5) is 0 Å². The quantitative estimate of drug-likeness (QED) is 0.201. The van der Waals surface area contributed by atoms with Crippen molar-refractivity contribution in [2.75, 3.05) is 7.11 Å². The summed E-state index contributed by atoms with van der Waals surface area (Å²) in [5, 5.41) is 58.0. The summed E-state index contributed by atoms with van der Waals surface area (Å²) in [6.45, 7) is 4.97. The van der Waals surface area contributed by atoms with E-state index in [1.54, 1.807) is 6.92 Å². The van der Waals surface area contributed by atoms with Crippen LogP contribution in [0.2, 0.25) is 0 Å². The zero-order valence-corrected chi connectivity index (χ0v) is 29.9. The zero-order chi connectivity index (χ0) is 39.6. The Morgan fingerprint density at radius 2 is 1.52 bits per heavy atom. The molecule has 0 saturated carbocycles. The van der Waals surface area contributed by atoms with Crippen molar-refractivity contribution in [1.82, 2.24) is 0 Å².